The summed E-state index contributed by atoms with van der Waals surface area (Å²) >= 11 is 6.01. The number of hydrogen-bond acceptors (Lipinski definition) is 8. The van der Waals surface area contributed by atoms with Gasteiger partial charge in [-0.15, -0.1) is 0 Å². The fourth-order valence-electron chi connectivity index (χ4n) is 4.33. The highest BCUT2D eigenvalue weighted by Crippen LogP contribution is 2.36. The van der Waals surface area contributed by atoms with Crippen molar-refractivity contribution in [2.24, 2.45) is 10.9 Å². The predicted molar refractivity (Wildman–Crippen MR) is 133 cm³/mol. The molecule has 0 spiro atoms. The average Bonchev–Trinajstić information content (AvgIpc) is 2.88. The molecule has 0 radical (unpaired) electrons. The minimum atomic E-state index is -1.10. The number of anilines is 1. The van der Waals surface area contributed by atoms with E-state index in [4.69, 9.17) is 30.8 Å². The van der Waals surface area contributed by atoms with Crippen LogP contribution in [-0.2, 0) is 14.3 Å². The van der Waals surface area contributed by atoms with E-state index in [0.29, 0.717) is 41.1 Å². The first-order valence-corrected chi connectivity index (χ1v) is 11.9. The number of carbonyl (C=O) groups is 2. The summed E-state index contributed by atoms with van der Waals surface area (Å²) in [4.78, 5) is 35.0. The van der Waals surface area contributed by atoms with Gasteiger partial charge < -0.3 is 24.0 Å². The standard InChI is InChI=1S/C25H29ClN4O5/c1-4-35-24(32)21-22(16-5-10-19(33-2)20(15-16)34-3)27-25(28-23(21)31)30-13-11-29(12-14-30)18-8-6-17(26)7-9-18/h5-10,15,21-22H,4,11-14H2,1-3H3,(H,27,28,31)/t21-,22+/m1/s1. The van der Waals surface area contributed by atoms with Gasteiger partial charge in [-0.2, -0.15) is 0 Å². The SMILES string of the molecule is CCOC(=O)[C@H]1C(=O)NC(N2CCN(c3ccc(Cl)cc3)CC2)=N[C@H]1c1ccc(OC)c(OC)c1. The topological polar surface area (TPSA) is 92.7 Å². The third-order valence-corrected chi connectivity index (χ3v) is 6.41. The van der Waals surface area contributed by atoms with Crippen LogP contribution in [0.25, 0.3) is 0 Å². The molecule has 2 aliphatic heterocycles. The van der Waals surface area contributed by atoms with Crippen LogP contribution in [0.15, 0.2) is 47.5 Å². The fraction of sp³-hybridized carbons (Fsp3) is 0.400. The molecule has 0 aliphatic carbocycles. The van der Waals surface area contributed by atoms with Gasteiger partial charge in [0.25, 0.3) is 0 Å². The summed E-state index contributed by atoms with van der Waals surface area (Å²) < 4.78 is 16.0. The van der Waals surface area contributed by atoms with Crippen molar-refractivity contribution in [1.82, 2.24) is 10.2 Å². The Morgan fingerprint density at radius 3 is 2.31 bits per heavy atom. The molecular weight excluding hydrogens is 472 g/mol. The molecule has 9 nitrogen and oxygen atoms in total. The predicted octanol–water partition coefficient (Wildman–Crippen LogP) is 2.89. The number of piperazine rings is 1. The van der Waals surface area contributed by atoms with E-state index in [-0.39, 0.29) is 6.61 Å². The van der Waals surface area contributed by atoms with E-state index < -0.39 is 23.8 Å². The van der Waals surface area contributed by atoms with Crippen LogP contribution in [0.3, 0.4) is 0 Å². The molecule has 0 unspecified atom stereocenters. The molecule has 10 heteroatoms. The van der Waals surface area contributed by atoms with Gasteiger partial charge in [-0.3, -0.25) is 14.9 Å². The van der Waals surface area contributed by atoms with E-state index in [1.165, 1.54) is 7.11 Å². The number of benzene rings is 2. The van der Waals surface area contributed by atoms with Crippen LogP contribution >= 0.6 is 11.6 Å². The van der Waals surface area contributed by atoms with Gasteiger partial charge in [0.1, 0.15) is 6.04 Å². The smallest absolute Gasteiger partial charge is 0.321 e. The number of hydrogen-bond donors (Lipinski definition) is 1. The molecular formula is C25H29ClN4O5. The number of aliphatic imine (C=N–C) groups is 1. The Kier molecular flexibility index (Phi) is 7.65. The summed E-state index contributed by atoms with van der Waals surface area (Å²) in [5, 5.41) is 3.53. The number of ether oxygens (including phenoxy) is 3. The summed E-state index contributed by atoms with van der Waals surface area (Å²) in [5.41, 5.74) is 1.75. The molecule has 4 rings (SSSR count). The number of rotatable bonds is 6. The Morgan fingerprint density at radius 2 is 1.69 bits per heavy atom. The maximum absolute atomic E-state index is 13.1. The fourth-order valence-corrected chi connectivity index (χ4v) is 4.46. The molecule has 2 heterocycles. The largest absolute Gasteiger partial charge is 0.493 e. The van der Waals surface area contributed by atoms with E-state index in [1.54, 1.807) is 32.2 Å². The normalized spacial score (nSPS) is 20.1. The Hall–Kier alpha value is -3.46. The lowest BCUT2D eigenvalue weighted by Crippen LogP contribution is -2.57. The lowest BCUT2D eigenvalue weighted by atomic mass is 9.91. The molecule has 1 fully saturated rings. The van der Waals surface area contributed by atoms with Gasteiger partial charge in [0, 0.05) is 36.9 Å². The van der Waals surface area contributed by atoms with E-state index in [1.807, 2.05) is 29.2 Å². The summed E-state index contributed by atoms with van der Waals surface area (Å²) in [6.45, 7) is 4.69. The highest BCUT2D eigenvalue weighted by Gasteiger charge is 2.42. The Morgan fingerprint density at radius 1 is 1.03 bits per heavy atom. The highest BCUT2D eigenvalue weighted by atomic mass is 35.5. The van der Waals surface area contributed by atoms with Crippen molar-refractivity contribution in [3.63, 3.8) is 0 Å². The Balaban J connectivity index is 1.60. The van der Waals surface area contributed by atoms with Crippen molar-refractivity contribution in [2.75, 3.05) is 51.9 Å². The summed E-state index contributed by atoms with van der Waals surface area (Å²) in [5.74, 6) is -0.662. The molecule has 2 aromatic carbocycles. The monoisotopic (exact) mass is 500 g/mol. The van der Waals surface area contributed by atoms with E-state index in [2.05, 4.69) is 10.2 Å². The van der Waals surface area contributed by atoms with Crippen molar-refractivity contribution in [2.45, 2.75) is 13.0 Å². The number of esters is 1. The molecule has 1 N–H and O–H groups in total. The quantitative estimate of drug-likeness (QED) is 0.481. The summed E-state index contributed by atoms with van der Waals surface area (Å²) in [6.07, 6.45) is 0. The van der Waals surface area contributed by atoms with Gasteiger partial charge in [0.2, 0.25) is 11.9 Å². The van der Waals surface area contributed by atoms with E-state index in [0.717, 1.165) is 18.8 Å². The second-order valence-electron chi connectivity index (χ2n) is 8.18. The highest BCUT2D eigenvalue weighted by molar-refractivity contribution is 6.30. The van der Waals surface area contributed by atoms with Gasteiger partial charge in [-0.05, 0) is 48.9 Å². The number of nitrogens with zero attached hydrogens (tertiary/aromatic N) is 3. The zero-order valence-corrected chi connectivity index (χ0v) is 20.7. The van der Waals surface area contributed by atoms with E-state index in [9.17, 15) is 9.59 Å². The van der Waals surface area contributed by atoms with Gasteiger partial charge in [-0.25, -0.2) is 4.99 Å². The van der Waals surface area contributed by atoms with Gasteiger partial charge in [-0.1, -0.05) is 17.7 Å². The third kappa shape index (κ3) is 5.30. The number of nitrogens with one attached hydrogen (secondary N) is 1. The molecule has 0 aromatic heterocycles. The van der Waals surface area contributed by atoms with Crippen LogP contribution in [0, 0.1) is 5.92 Å². The van der Waals surface area contributed by atoms with Gasteiger partial charge in [0.05, 0.1) is 20.8 Å². The zero-order valence-electron chi connectivity index (χ0n) is 20.0. The second kappa shape index (κ2) is 10.9. The number of carbonyl (C=O) groups excluding carboxylic acids is 2. The first kappa shape index (κ1) is 24.7. The number of halogens is 1. The number of amides is 1. The van der Waals surface area contributed by atoms with Crippen molar-refractivity contribution < 1.29 is 23.8 Å². The molecule has 2 aromatic rings. The minimum absolute atomic E-state index is 0.171. The maximum Gasteiger partial charge on any atom is 0.321 e. The molecule has 2 atom stereocenters. The molecule has 35 heavy (non-hydrogen) atoms. The average molecular weight is 501 g/mol. The van der Waals surface area contributed by atoms with Crippen LogP contribution in [0.5, 0.6) is 11.5 Å². The molecule has 186 valence electrons. The van der Waals surface area contributed by atoms with Crippen molar-refractivity contribution >= 4 is 35.1 Å². The minimum Gasteiger partial charge on any atom is -0.493 e. The van der Waals surface area contributed by atoms with Crippen molar-refractivity contribution in [3.05, 3.63) is 53.1 Å². The Bertz CT molecular complexity index is 1100. The van der Waals surface area contributed by atoms with Crippen LogP contribution in [0.1, 0.15) is 18.5 Å². The van der Waals surface area contributed by atoms with Crippen LogP contribution < -0.4 is 19.7 Å². The van der Waals surface area contributed by atoms with Crippen molar-refractivity contribution in [3.8, 4) is 11.5 Å². The number of guanidine groups is 1. The summed E-state index contributed by atoms with van der Waals surface area (Å²) in [6, 6.07) is 12.2. The molecule has 1 saturated heterocycles. The summed E-state index contributed by atoms with van der Waals surface area (Å²) in [7, 11) is 3.08. The molecule has 1 amide bonds. The van der Waals surface area contributed by atoms with Crippen LogP contribution in [-0.4, -0.2) is 69.7 Å². The third-order valence-electron chi connectivity index (χ3n) is 6.16. The number of methoxy groups -OCH3 is 2. The lowest BCUT2D eigenvalue weighted by molar-refractivity contribution is -0.153. The molecule has 2 aliphatic rings. The van der Waals surface area contributed by atoms with E-state index >= 15 is 0 Å². The lowest BCUT2D eigenvalue weighted by Gasteiger charge is -2.39. The van der Waals surface area contributed by atoms with Crippen LogP contribution in [0.4, 0.5) is 5.69 Å². The zero-order chi connectivity index (χ0) is 24.9. The second-order valence-corrected chi connectivity index (χ2v) is 8.62. The first-order valence-electron chi connectivity index (χ1n) is 11.5. The van der Waals surface area contributed by atoms with Crippen molar-refractivity contribution in [1.29, 1.82) is 0 Å². The molecule has 0 saturated carbocycles. The first-order chi connectivity index (χ1) is 16.9. The Labute approximate surface area is 209 Å². The maximum atomic E-state index is 13.1. The molecule has 0 bridgehead atoms. The van der Waals surface area contributed by atoms with Crippen LogP contribution in [0.2, 0.25) is 5.02 Å². The van der Waals surface area contributed by atoms with Gasteiger partial charge in [0.15, 0.2) is 17.4 Å². The van der Waals surface area contributed by atoms with Gasteiger partial charge >= 0.3 is 5.97 Å².